The Morgan fingerprint density at radius 2 is 1.85 bits per heavy atom. The summed E-state index contributed by atoms with van der Waals surface area (Å²) < 4.78 is 13.0. The highest BCUT2D eigenvalue weighted by Crippen LogP contribution is 2.19. The number of hydrogen-bond acceptors (Lipinski definition) is 2. The summed E-state index contributed by atoms with van der Waals surface area (Å²) in [6, 6.07) is 15.2. The number of nitrogens with zero attached hydrogens (tertiary/aromatic N) is 1. The highest BCUT2D eigenvalue weighted by atomic mass is 19.1. The first-order chi connectivity index (χ1) is 13.1. The molecule has 0 atom stereocenters. The maximum Gasteiger partial charge on any atom is 0.223 e. The molecule has 1 aliphatic heterocycles. The zero-order chi connectivity index (χ0) is 19.1. The Kier molecular flexibility index (Phi) is 6.99. The summed E-state index contributed by atoms with van der Waals surface area (Å²) in [4.78, 5) is 14.7. The molecule has 0 spiro atoms. The molecule has 4 heteroatoms. The molecular weight excluding hydrogens is 339 g/mol. The number of benzene rings is 2. The van der Waals surface area contributed by atoms with Crippen LogP contribution in [0, 0.1) is 18.7 Å². The summed E-state index contributed by atoms with van der Waals surface area (Å²) in [6.45, 7) is 5.50. The van der Waals surface area contributed by atoms with E-state index >= 15 is 0 Å². The average Bonchev–Trinajstić information content (AvgIpc) is 2.67. The first kappa shape index (κ1) is 19.6. The maximum atomic E-state index is 13.0. The van der Waals surface area contributed by atoms with Crippen LogP contribution in [-0.4, -0.2) is 30.4 Å². The third-order valence-corrected chi connectivity index (χ3v) is 5.30. The van der Waals surface area contributed by atoms with Crippen LogP contribution in [0.4, 0.5) is 4.39 Å². The molecule has 1 aliphatic rings. The van der Waals surface area contributed by atoms with Crippen molar-refractivity contribution in [3.8, 4) is 0 Å². The average molecular weight is 368 g/mol. The summed E-state index contributed by atoms with van der Waals surface area (Å²) in [7, 11) is 0. The van der Waals surface area contributed by atoms with Gasteiger partial charge in [0.15, 0.2) is 0 Å². The molecule has 1 N–H and O–H groups in total. The van der Waals surface area contributed by atoms with Crippen LogP contribution in [0.3, 0.4) is 0 Å². The first-order valence-electron chi connectivity index (χ1n) is 9.90. The van der Waals surface area contributed by atoms with Crippen LogP contribution in [0.2, 0.25) is 0 Å². The van der Waals surface area contributed by atoms with Gasteiger partial charge in [0.2, 0.25) is 5.91 Å². The van der Waals surface area contributed by atoms with E-state index < -0.39 is 0 Å². The summed E-state index contributed by atoms with van der Waals surface area (Å²) in [5.74, 6) is 0.116. The van der Waals surface area contributed by atoms with Crippen molar-refractivity contribution in [3.05, 3.63) is 71.0 Å². The van der Waals surface area contributed by atoms with Crippen molar-refractivity contribution in [2.75, 3.05) is 19.6 Å². The van der Waals surface area contributed by atoms with Gasteiger partial charge < -0.3 is 5.32 Å². The quantitative estimate of drug-likeness (QED) is 0.747. The Morgan fingerprint density at radius 1 is 1.11 bits per heavy atom. The fourth-order valence-corrected chi connectivity index (χ4v) is 3.72. The molecule has 0 saturated carbocycles. The van der Waals surface area contributed by atoms with Gasteiger partial charge >= 0.3 is 0 Å². The van der Waals surface area contributed by atoms with Crippen molar-refractivity contribution in [2.45, 2.75) is 39.2 Å². The molecule has 1 amide bonds. The fourth-order valence-electron chi connectivity index (χ4n) is 3.72. The predicted molar refractivity (Wildman–Crippen MR) is 107 cm³/mol. The Morgan fingerprint density at radius 3 is 2.56 bits per heavy atom. The molecule has 0 unspecified atom stereocenters. The minimum Gasteiger partial charge on any atom is -0.356 e. The van der Waals surface area contributed by atoms with Gasteiger partial charge in [-0.25, -0.2) is 4.39 Å². The highest BCUT2D eigenvalue weighted by Gasteiger charge is 2.24. The summed E-state index contributed by atoms with van der Waals surface area (Å²) >= 11 is 0. The van der Waals surface area contributed by atoms with E-state index in [0.29, 0.717) is 0 Å². The molecule has 2 aromatic carbocycles. The van der Waals surface area contributed by atoms with Gasteiger partial charge in [0.1, 0.15) is 5.82 Å². The van der Waals surface area contributed by atoms with Gasteiger partial charge in [-0.3, -0.25) is 9.69 Å². The van der Waals surface area contributed by atoms with Crippen LogP contribution < -0.4 is 5.32 Å². The third kappa shape index (κ3) is 6.17. The Balaban J connectivity index is 1.34. The van der Waals surface area contributed by atoms with Gasteiger partial charge in [-0.1, -0.05) is 42.0 Å². The second-order valence-electron chi connectivity index (χ2n) is 7.56. The van der Waals surface area contributed by atoms with E-state index in [4.69, 9.17) is 0 Å². The van der Waals surface area contributed by atoms with Crippen molar-refractivity contribution >= 4 is 5.91 Å². The van der Waals surface area contributed by atoms with E-state index in [1.807, 2.05) is 12.1 Å². The molecule has 2 aromatic rings. The molecule has 1 heterocycles. The zero-order valence-electron chi connectivity index (χ0n) is 16.1. The van der Waals surface area contributed by atoms with E-state index in [2.05, 4.69) is 41.4 Å². The van der Waals surface area contributed by atoms with Crippen molar-refractivity contribution in [2.24, 2.45) is 5.92 Å². The Labute approximate surface area is 161 Å². The lowest BCUT2D eigenvalue weighted by Gasteiger charge is -2.31. The van der Waals surface area contributed by atoms with Crippen LogP contribution in [-0.2, 0) is 17.8 Å². The molecular formula is C23H29FN2O. The molecule has 144 valence electrons. The lowest BCUT2D eigenvalue weighted by atomic mass is 9.95. The van der Waals surface area contributed by atoms with Crippen molar-refractivity contribution in [1.82, 2.24) is 10.2 Å². The number of carbonyl (C=O) groups is 1. The number of piperidine rings is 1. The number of rotatable bonds is 7. The van der Waals surface area contributed by atoms with Crippen LogP contribution in [0.15, 0.2) is 48.5 Å². The maximum absolute atomic E-state index is 13.0. The summed E-state index contributed by atoms with van der Waals surface area (Å²) in [5, 5.41) is 3.11. The van der Waals surface area contributed by atoms with Crippen molar-refractivity contribution in [1.29, 1.82) is 0 Å². The highest BCUT2D eigenvalue weighted by molar-refractivity contribution is 5.78. The minimum absolute atomic E-state index is 0.119. The number of halogens is 1. The van der Waals surface area contributed by atoms with Gasteiger partial charge in [0.05, 0.1) is 0 Å². The number of amides is 1. The molecule has 1 saturated heterocycles. The monoisotopic (exact) mass is 368 g/mol. The second kappa shape index (κ2) is 9.65. The second-order valence-corrected chi connectivity index (χ2v) is 7.56. The van der Waals surface area contributed by atoms with Crippen LogP contribution in [0.25, 0.3) is 0 Å². The summed E-state index contributed by atoms with van der Waals surface area (Å²) in [5.41, 5.74) is 3.73. The predicted octanol–water partition coefficient (Wildman–Crippen LogP) is 4.10. The van der Waals surface area contributed by atoms with Crippen LogP contribution in [0.1, 0.15) is 36.0 Å². The number of likely N-dealkylation sites (tertiary alicyclic amines) is 1. The van der Waals surface area contributed by atoms with Gasteiger partial charge in [0, 0.05) is 19.0 Å². The van der Waals surface area contributed by atoms with Gasteiger partial charge in [-0.05, 0) is 69.0 Å². The summed E-state index contributed by atoms with van der Waals surface area (Å²) in [6.07, 6.45) is 3.76. The molecule has 0 aromatic heterocycles. The lowest BCUT2D eigenvalue weighted by Crippen LogP contribution is -2.40. The van der Waals surface area contributed by atoms with Gasteiger partial charge in [-0.2, -0.15) is 0 Å². The fraction of sp³-hybridized carbons (Fsp3) is 0.435. The van der Waals surface area contributed by atoms with E-state index in [9.17, 15) is 9.18 Å². The number of hydrogen-bond donors (Lipinski definition) is 1. The third-order valence-electron chi connectivity index (χ3n) is 5.30. The van der Waals surface area contributed by atoms with E-state index in [0.717, 1.165) is 57.4 Å². The largest absolute Gasteiger partial charge is 0.356 e. The molecule has 0 bridgehead atoms. The normalized spacial score (nSPS) is 15.6. The van der Waals surface area contributed by atoms with E-state index in [1.165, 1.54) is 23.3 Å². The molecule has 3 nitrogen and oxygen atoms in total. The number of nitrogens with one attached hydrogen (secondary N) is 1. The van der Waals surface area contributed by atoms with Crippen molar-refractivity contribution < 1.29 is 9.18 Å². The first-order valence-corrected chi connectivity index (χ1v) is 9.90. The van der Waals surface area contributed by atoms with Gasteiger partial charge in [0.25, 0.3) is 0 Å². The smallest absolute Gasteiger partial charge is 0.223 e. The molecule has 1 fully saturated rings. The van der Waals surface area contributed by atoms with Gasteiger partial charge in [-0.15, -0.1) is 0 Å². The molecule has 0 aliphatic carbocycles. The number of aryl methyl sites for hydroxylation is 2. The van der Waals surface area contributed by atoms with E-state index in [1.54, 1.807) is 0 Å². The Hall–Kier alpha value is -2.20. The minimum atomic E-state index is -0.198. The zero-order valence-corrected chi connectivity index (χ0v) is 16.1. The molecule has 0 radical (unpaired) electrons. The van der Waals surface area contributed by atoms with Crippen molar-refractivity contribution in [3.63, 3.8) is 0 Å². The molecule has 27 heavy (non-hydrogen) atoms. The molecule has 3 rings (SSSR count). The standard InChI is InChI=1S/C23H29FN2O/c1-18-4-2-5-19(16-18)6-3-13-25-23(27)21-11-14-26(15-12-21)17-20-7-9-22(24)10-8-20/h2,4-5,7-10,16,21H,3,6,11-15,17H2,1H3,(H,25,27). The van der Waals surface area contributed by atoms with Crippen LogP contribution in [0.5, 0.6) is 0 Å². The topological polar surface area (TPSA) is 32.3 Å². The number of carbonyl (C=O) groups excluding carboxylic acids is 1. The van der Waals surface area contributed by atoms with Crippen LogP contribution >= 0.6 is 0 Å². The van der Waals surface area contributed by atoms with E-state index in [-0.39, 0.29) is 17.6 Å². The Bertz CT molecular complexity index is 736. The SMILES string of the molecule is Cc1cccc(CCCNC(=O)C2CCN(Cc3ccc(F)cc3)CC2)c1. The lowest BCUT2D eigenvalue weighted by molar-refractivity contribution is -0.126.